The SMILES string of the molecule is CC(C)(C)c1ccc(NC(=O)C2CCC(C(=O)N3CCCCCC3)CC2)cc1. The van der Waals surface area contributed by atoms with Crippen molar-refractivity contribution in [2.75, 3.05) is 18.4 Å². The fourth-order valence-corrected chi connectivity index (χ4v) is 4.45. The molecule has 3 rings (SSSR count). The van der Waals surface area contributed by atoms with Gasteiger partial charge in [0.2, 0.25) is 11.8 Å². The Hall–Kier alpha value is -1.84. The topological polar surface area (TPSA) is 49.4 Å². The molecule has 1 aliphatic heterocycles. The normalized spacial score (nSPS) is 23.8. The molecule has 1 heterocycles. The van der Waals surface area contributed by atoms with Gasteiger partial charge in [-0.05, 0) is 61.6 Å². The predicted octanol–water partition coefficient (Wildman–Crippen LogP) is 5.13. The van der Waals surface area contributed by atoms with Crippen molar-refractivity contribution < 1.29 is 9.59 Å². The van der Waals surface area contributed by atoms with Crippen LogP contribution in [0, 0.1) is 11.8 Å². The largest absolute Gasteiger partial charge is 0.342 e. The number of amides is 2. The van der Waals surface area contributed by atoms with Crippen molar-refractivity contribution in [3.05, 3.63) is 29.8 Å². The van der Waals surface area contributed by atoms with Gasteiger partial charge in [-0.25, -0.2) is 0 Å². The summed E-state index contributed by atoms with van der Waals surface area (Å²) in [5.41, 5.74) is 2.24. The zero-order valence-corrected chi connectivity index (χ0v) is 17.8. The first kappa shape index (κ1) is 20.9. The van der Waals surface area contributed by atoms with E-state index in [9.17, 15) is 9.59 Å². The average molecular weight is 385 g/mol. The molecule has 1 aromatic carbocycles. The van der Waals surface area contributed by atoms with Crippen molar-refractivity contribution in [2.45, 2.75) is 77.6 Å². The van der Waals surface area contributed by atoms with Gasteiger partial charge in [-0.3, -0.25) is 9.59 Å². The molecular weight excluding hydrogens is 348 g/mol. The van der Waals surface area contributed by atoms with Gasteiger partial charge in [-0.15, -0.1) is 0 Å². The third-order valence-electron chi connectivity index (χ3n) is 6.38. The molecule has 1 N–H and O–H groups in total. The molecule has 0 aromatic heterocycles. The molecule has 2 aliphatic rings. The number of carbonyl (C=O) groups excluding carboxylic acids is 2. The monoisotopic (exact) mass is 384 g/mol. The number of likely N-dealkylation sites (tertiary alicyclic amines) is 1. The summed E-state index contributed by atoms with van der Waals surface area (Å²) in [7, 11) is 0. The molecule has 2 fully saturated rings. The highest BCUT2D eigenvalue weighted by molar-refractivity contribution is 5.92. The van der Waals surface area contributed by atoms with Crippen LogP contribution < -0.4 is 5.32 Å². The molecule has 4 nitrogen and oxygen atoms in total. The summed E-state index contributed by atoms with van der Waals surface area (Å²) >= 11 is 0. The van der Waals surface area contributed by atoms with Crippen LogP contribution in [0.2, 0.25) is 0 Å². The standard InChI is InChI=1S/C24H36N2O2/c1-24(2,3)20-12-14-21(15-13-20)25-22(27)18-8-10-19(11-9-18)23(28)26-16-6-4-5-7-17-26/h12-15,18-19H,4-11,16-17H2,1-3H3,(H,25,27). The van der Waals surface area contributed by atoms with Crippen LogP contribution >= 0.6 is 0 Å². The van der Waals surface area contributed by atoms with Gasteiger partial charge in [0.1, 0.15) is 0 Å². The highest BCUT2D eigenvalue weighted by Crippen LogP contribution is 2.32. The van der Waals surface area contributed by atoms with Gasteiger partial charge in [-0.2, -0.15) is 0 Å². The lowest BCUT2D eigenvalue weighted by Gasteiger charge is -2.31. The molecule has 4 heteroatoms. The summed E-state index contributed by atoms with van der Waals surface area (Å²) in [6.07, 6.45) is 8.08. The molecule has 0 atom stereocenters. The van der Waals surface area contributed by atoms with E-state index in [1.54, 1.807) is 0 Å². The Balaban J connectivity index is 1.49. The van der Waals surface area contributed by atoms with Crippen LogP contribution in [-0.4, -0.2) is 29.8 Å². The maximum absolute atomic E-state index is 12.8. The van der Waals surface area contributed by atoms with E-state index in [2.05, 4.69) is 43.1 Å². The lowest BCUT2D eigenvalue weighted by Crippen LogP contribution is -2.39. The van der Waals surface area contributed by atoms with Crippen molar-refractivity contribution in [1.82, 2.24) is 4.90 Å². The lowest BCUT2D eigenvalue weighted by molar-refractivity contribution is -0.137. The Morgan fingerprint density at radius 1 is 0.857 bits per heavy atom. The van der Waals surface area contributed by atoms with Crippen molar-refractivity contribution in [3.8, 4) is 0 Å². The van der Waals surface area contributed by atoms with Gasteiger partial charge in [0, 0.05) is 30.6 Å². The predicted molar refractivity (Wildman–Crippen MR) is 114 cm³/mol. The zero-order valence-electron chi connectivity index (χ0n) is 17.8. The first-order valence-electron chi connectivity index (χ1n) is 11.0. The summed E-state index contributed by atoms with van der Waals surface area (Å²) in [4.78, 5) is 27.6. The second kappa shape index (κ2) is 9.11. The van der Waals surface area contributed by atoms with Gasteiger partial charge < -0.3 is 10.2 Å². The third kappa shape index (κ3) is 5.36. The minimum atomic E-state index is 0.0236. The molecule has 154 valence electrons. The highest BCUT2D eigenvalue weighted by atomic mass is 16.2. The average Bonchev–Trinajstić information content (AvgIpc) is 2.97. The molecule has 0 bridgehead atoms. The maximum atomic E-state index is 12.8. The Bertz CT molecular complexity index is 659. The van der Waals surface area contributed by atoms with Gasteiger partial charge in [0.05, 0.1) is 0 Å². The molecule has 1 saturated heterocycles. The van der Waals surface area contributed by atoms with E-state index in [0.29, 0.717) is 5.91 Å². The van der Waals surface area contributed by atoms with E-state index in [1.165, 1.54) is 18.4 Å². The van der Waals surface area contributed by atoms with E-state index in [-0.39, 0.29) is 23.2 Å². The number of nitrogens with zero attached hydrogens (tertiary/aromatic N) is 1. The summed E-state index contributed by atoms with van der Waals surface area (Å²) in [6.45, 7) is 8.40. The molecule has 0 unspecified atom stereocenters. The molecule has 1 aliphatic carbocycles. The van der Waals surface area contributed by atoms with Crippen molar-refractivity contribution in [3.63, 3.8) is 0 Å². The summed E-state index contributed by atoms with van der Waals surface area (Å²) in [5, 5.41) is 3.07. The Kier molecular flexibility index (Phi) is 6.79. The number of anilines is 1. The molecule has 1 saturated carbocycles. The summed E-state index contributed by atoms with van der Waals surface area (Å²) < 4.78 is 0. The molecule has 1 aromatic rings. The number of carbonyl (C=O) groups is 2. The minimum Gasteiger partial charge on any atom is -0.342 e. The first-order valence-corrected chi connectivity index (χ1v) is 11.0. The van der Waals surface area contributed by atoms with Crippen LogP contribution in [0.3, 0.4) is 0 Å². The Labute approximate surface area is 170 Å². The van der Waals surface area contributed by atoms with Crippen molar-refractivity contribution >= 4 is 17.5 Å². The van der Waals surface area contributed by atoms with E-state index < -0.39 is 0 Å². The first-order chi connectivity index (χ1) is 13.3. The molecule has 0 spiro atoms. The minimum absolute atomic E-state index is 0.0236. The number of rotatable bonds is 3. The molecule has 0 radical (unpaired) electrons. The molecule has 2 amide bonds. The number of nitrogens with one attached hydrogen (secondary N) is 1. The molecular formula is C24H36N2O2. The highest BCUT2D eigenvalue weighted by Gasteiger charge is 2.32. The third-order valence-corrected chi connectivity index (χ3v) is 6.38. The van der Waals surface area contributed by atoms with E-state index in [1.807, 2.05) is 12.1 Å². The van der Waals surface area contributed by atoms with E-state index in [4.69, 9.17) is 0 Å². The molecule has 28 heavy (non-hydrogen) atoms. The number of hydrogen-bond acceptors (Lipinski definition) is 2. The van der Waals surface area contributed by atoms with Gasteiger partial charge in [-0.1, -0.05) is 45.7 Å². The Morgan fingerprint density at radius 3 is 1.93 bits per heavy atom. The van der Waals surface area contributed by atoms with Crippen LogP contribution in [0.1, 0.15) is 77.7 Å². The fourth-order valence-electron chi connectivity index (χ4n) is 4.45. The van der Waals surface area contributed by atoms with Crippen LogP contribution in [0.5, 0.6) is 0 Å². The second-order valence-corrected chi connectivity index (χ2v) is 9.60. The summed E-state index contributed by atoms with van der Waals surface area (Å²) in [6, 6.07) is 8.17. The van der Waals surface area contributed by atoms with Gasteiger partial charge in [0.25, 0.3) is 0 Å². The smallest absolute Gasteiger partial charge is 0.227 e. The van der Waals surface area contributed by atoms with Crippen LogP contribution in [-0.2, 0) is 15.0 Å². The second-order valence-electron chi connectivity index (χ2n) is 9.60. The quantitative estimate of drug-likeness (QED) is 0.785. The maximum Gasteiger partial charge on any atom is 0.227 e. The van der Waals surface area contributed by atoms with Gasteiger partial charge >= 0.3 is 0 Å². The van der Waals surface area contributed by atoms with E-state index in [0.717, 1.165) is 57.3 Å². The van der Waals surface area contributed by atoms with Crippen molar-refractivity contribution in [2.24, 2.45) is 11.8 Å². The number of hydrogen-bond donors (Lipinski definition) is 1. The lowest BCUT2D eigenvalue weighted by atomic mass is 9.80. The van der Waals surface area contributed by atoms with Crippen LogP contribution in [0.15, 0.2) is 24.3 Å². The fraction of sp³-hybridized carbons (Fsp3) is 0.667. The Morgan fingerprint density at radius 2 is 1.39 bits per heavy atom. The van der Waals surface area contributed by atoms with Crippen LogP contribution in [0.4, 0.5) is 5.69 Å². The van der Waals surface area contributed by atoms with Crippen molar-refractivity contribution in [1.29, 1.82) is 0 Å². The summed E-state index contributed by atoms with van der Waals surface area (Å²) in [5.74, 6) is 0.575. The van der Waals surface area contributed by atoms with Crippen LogP contribution in [0.25, 0.3) is 0 Å². The van der Waals surface area contributed by atoms with E-state index >= 15 is 0 Å². The number of benzene rings is 1. The van der Waals surface area contributed by atoms with Gasteiger partial charge in [0.15, 0.2) is 0 Å². The zero-order chi connectivity index (χ0) is 20.1.